The van der Waals surface area contributed by atoms with Gasteiger partial charge in [0.15, 0.2) is 0 Å². The molecule has 1 aromatic rings. The number of hydrogen-bond donors (Lipinski definition) is 2. The van der Waals surface area contributed by atoms with Gasteiger partial charge in [-0.25, -0.2) is 5.48 Å². The maximum absolute atomic E-state index is 8.63. The smallest absolute Gasteiger partial charge is 0.0294 e. The van der Waals surface area contributed by atoms with Crippen LogP contribution in [0.25, 0.3) is 0 Å². The second kappa shape index (κ2) is 5.00. The van der Waals surface area contributed by atoms with Crippen molar-refractivity contribution in [1.82, 2.24) is 5.48 Å². The molecule has 0 spiro atoms. The summed E-state index contributed by atoms with van der Waals surface area (Å²) in [6.45, 7) is 4.09. The van der Waals surface area contributed by atoms with E-state index >= 15 is 0 Å². The summed E-state index contributed by atoms with van der Waals surface area (Å²) in [4.78, 5) is 0. The normalized spacial score (nSPS) is 12.8. The van der Waals surface area contributed by atoms with Crippen molar-refractivity contribution >= 4 is 0 Å². The lowest BCUT2D eigenvalue weighted by Gasteiger charge is -2.09. The van der Waals surface area contributed by atoms with Crippen LogP contribution in [0.2, 0.25) is 0 Å². The number of benzene rings is 1. The quantitative estimate of drug-likeness (QED) is 0.695. The van der Waals surface area contributed by atoms with Gasteiger partial charge in [-0.3, -0.25) is 0 Å². The minimum atomic E-state index is 0.166. The molecule has 2 N–H and O–H groups in total. The molecule has 1 rings (SSSR count). The molecule has 72 valence electrons. The van der Waals surface area contributed by atoms with Crippen molar-refractivity contribution in [3.63, 3.8) is 0 Å². The van der Waals surface area contributed by atoms with Crippen LogP contribution in [-0.2, 0) is 6.42 Å². The molecule has 13 heavy (non-hydrogen) atoms. The predicted molar refractivity (Wildman–Crippen MR) is 53.9 cm³/mol. The Labute approximate surface area is 79.6 Å². The van der Waals surface area contributed by atoms with Crippen molar-refractivity contribution < 1.29 is 5.21 Å². The van der Waals surface area contributed by atoms with Crippen LogP contribution >= 0.6 is 0 Å². The van der Waals surface area contributed by atoms with Gasteiger partial charge in [0.1, 0.15) is 0 Å². The topological polar surface area (TPSA) is 32.3 Å². The van der Waals surface area contributed by atoms with Gasteiger partial charge in [0.25, 0.3) is 0 Å². The molecule has 0 saturated heterocycles. The largest absolute Gasteiger partial charge is 0.317 e. The molecule has 0 bridgehead atoms. The minimum absolute atomic E-state index is 0.166. The van der Waals surface area contributed by atoms with E-state index in [1.54, 1.807) is 0 Å². The third-order valence-corrected chi connectivity index (χ3v) is 2.33. The van der Waals surface area contributed by atoms with Crippen molar-refractivity contribution in [2.45, 2.75) is 32.7 Å². The average Bonchev–Trinajstić information content (AvgIpc) is 2.16. The van der Waals surface area contributed by atoms with E-state index in [1.165, 1.54) is 11.1 Å². The van der Waals surface area contributed by atoms with Crippen molar-refractivity contribution in [3.05, 3.63) is 35.4 Å². The Morgan fingerprint density at radius 3 is 2.69 bits per heavy atom. The minimum Gasteiger partial charge on any atom is -0.317 e. The van der Waals surface area contributed by atoms with Gasteiger partial charge >= 0.3 is 0 Å². The van der Waals surface area contributed by atoms with Gasteiger partial charge in [-0.2, -0.15) is 0 Å². The van der Waals surface area contributed by atoms with Crippen LogP contribution < -0.4 is 5.48 Å². The molecule has 0 aromatic heterocycles. The van der Waals surface area contributed by atoms with Crippen molar-refractivity contribution in [2.75, 3.05) is 0 Å². The first-order valence-electron chi connectivity index (χ1n) is 4.68. The molecular weight excluding hydrogens is 162 g/mol. The summed E-state index contributed by atoms with van der Waals surface area (Å²) in [7, 11) is 0. The molecule has 1 aromatic carbocycles. The Morgan fingerprint density at radius 1 is 1.38 bits per heavy atom. The molecule has 0 aliphatic heterocycles. The first-order valence-corrected chi connectivity index (χ1v) is 4.68. The molecule has 2 nitrogen and oxygen atoms in total. The van der Waals surface area contributed by atoms with E-state index in [-0.39, 0.29) is 6.04 Å². The molecule has 1 unspecified atom stereocenters. The maximum Gasteiger partial charge on any atom is 0.0294 e. The maximum atomic E-state index is 8.63. The van der Waals surface area contributed by atoms with Crippen LogP contribution in [0.3, 0.4) is 0 Å². The molecule has 0 saturated carbocycles. The Hall–Kier alpha value is -0.860. The third kappa shape index (κ3) is 3.17. The highest BCUT2D eigenvalue weighted by Crippen LogP contribution is 2.10. The number of nitrogens with one attached hydrogen (secondary N) is 1. The van der Waals surface area contributed by atoms with Crippen LogP contribution in [0, 0.1) is 6.92 Å². The van der Waals surface area contributed by atoms with Crippen LogP contribution in [0.4, 0.5) is 0 Å². The van der Waals surface area contributed by atoms with Crippen LogP contribution in [-0.4, -0.2) is 11.2 Å². The van der Waals surface area contributed by atoms with E-state index in [9.17, 15) is 0 Å². The zero-order chi connectivity index (χ0) is 9.68. The van der Waals surface area contributed by atoms with Gasteiger partial charge in [-0.15, -0.1) is 0 Å². The van der Waals surface area contributed by atoms with E-state index < -0.39 is 0 Å². The lowest BCUT2D eigenvalue weighted by atomic mass is 10.0. The van der Waals surface area contributed by atoms with E-state index in [1.807, 2.05) is 13.0 Å². The second-order valence-corrected chi connectivity index (χ2v) is 3.50. The van der Waals surface area contributed by atoms with Gasteiger partial charge in [0.2, 0.25) is 0 Å². The molecule has 0 fully saturated rings. The summed E-state index contributed by atoms with van der Waals surface area (Å²) in [6, 6.07) is 8.53. The Balaban J connectivity index is 2.50. The monoisotopic (exact) mass is 179 g/mol. The lowest BCUT2D eigenvalue weighted by molar-refractivity contribution is 0.129. The SMILES string of the molecule is Cc1ccccc1CCC(C)NO. The summed E-state index contributed by atoms with van der Waals surface area (Å²) in [5.74, 6) is 0. The van der Waals surface area contributed by atoms with Gasteiger partial charge in [0.05, 0.1) is 0 Å². The molecule has 0 radical (unpaired) electrons. The zero-order valence-electron chi connectivity index (χ0n) is 8.25. The summed E-state index contributed by atoms with van der Waals surface area (Å²) in [5, 5.41) is 8.63. The summed E-state index contributed by atoms with van der Waals surface area (Å²) >= 11 is 0. The first kappa shape index (κ1) is 10.2. The highest BCUT2D eigenvalue weighted by Gasteiger charge is 2.01. The molecular formula is C11H17NO. The number of rotatable bonds is 4. The number of hydrogen-bond acceptors (Lipinski definition) is 2. The van der Waals surface area contributed by atoms with Crippen molar-refractivity contribution in [3.8, 4) is 0 Å². The standard InChI is InChI=1S/C11H17NO/c1-9-5-3-4-6-11(9)8-7-10(2)12-13/h3-6,10,12-13H,7-8H2,1-2H3. The summed E-state index contributed by atoms with van der Waals surface area (Å²) < 4.78 is 0. The Morgan fingerprint density at radius 2 is 2.08 bits per heavy atom. The average molecular weight is 179 g/mol. The lowest BCUT2D eigenvalue weighted by Crippen LogP contribution is -2.22. The second-order valence-electron chi connectivity index (χ2n) is 3.50. The first-order chi connectivity index (χ1) is 6.24. The van der Waals surface area contributed by atoms with E-state index in [0.29, 0.717) is 0 Å². The zero-order valence-corrected chi connectivity index (χ0v) is 8.25. The van der Waals surface area contributed by atoms with E-state index in [4.69, 9.17) is 5.21 Å². The third-order valence-electron chi connectivity index (χ3n) is 2.33. The highest BCUT2D eigenvalue weighted by atomic mass is 16.5. The summed E-state index contributed by atoms with van der Waals surface area (Å²) in [5.41, 5.74) is 4.95. The van der Waals surface area contributed by atoms with Gasteiger partial charge in [0, 0.05) is 6.04 Å². The number of hydroxylamine groups is 1. The van der Waals surface area contributed by atoms with Gasteiger partial charge in [-0.1, -0.05) is 24.3 Å². The van der Waals surface area contributed by atoms with Gasteiger partial charge < -0.3 is 5.21 Å². The predicted octanol–water partition coefficient (Wildman–Crippen LogP) is 2.29. The molecule has 0 amide bonds. The van der Waals surface area contributed by atoms with Crippen LogP contribution in [0.1, 0.15) is 24.5 Å². The number of aryl methyl sites for hydroxylation is 2. The fraction of sp³-hybridized carbons (Fsp3) is 0.455. The van der Waals surface area contributed by atoms with Crippen molar-refractivity contribution in [1.29, 1.82) is 0 Å². The van der Waals surface area contributed by atoms with Crippen LogP contribution in [0.5, 0.6) is 0 Å². The van der Waals surface area contributed by atoms with Crippen molar-refractivity contribution in [2.24, 2.45) is 0 Å². The summed E-state index contributed by atoms with van der Waals surface area (Å²) in [6.07, 6.45) is 1.97. The van der Waals surface area contributed by atoms with Gasteiger partial charge in [-0.05, 0) is 37.8 Å². The Kier molecular flexibility index (Phi) is 3.93. The molecule has 0 aliphatic rings. The fourth-order valence-electron chi connectivity index (χ4n) is 1.33. The molecule has 0 heterocycles. The Bertz CT molecular complexity index is 260. The fourth-order valence-corrected chi connectivity index (χ4v) is 1.33. The molecule has 2 heteroatoms. The van der Waals surface area contributed by atoms with Crippen LogP contribution in [0.15, 0.2) is 24.3 Å². The molecule has 1 atom stereocenters. The molecule has 0 aliphatic carbocycles. The highest BCUT2D eigenvalue weighted by molar-refractivity contribution is 5.25. The van der Waals surface area contributed by atoms with E-state index in [0.717, 1.165) is 12.8 Å². The van der Waals surface area contributed by atoms with E-state index in [2.05, 4.69) is 30.6 Å².